The number of carbonyl (C=O) groups excluding carboxylic acids is 2. The van der Waals surface area contributed by atoms with Gasteiger partial charge < -0.3 is 19.4 Å². The van der Waals surface area contributed by atoms with E-state index in [-0.39, 0.29) is 11.8 Å². The molecule has 9 heteroatoms. The summed E-state index contributed by atoms with van der Waals surface area (Å²) in [6, 6.07) is 8.36. The Morgan fingerprint density at radius 3 is 2.49 bits per heavy atom. The van der Waals surface area contributed by atoms with Gasteiger partial charge in [0.1, 0.15) is 5.69 Å². The fourth-order valence-electron chi connectivity index (χ4n) is 4.70. The van der Waals surface area contributed by atoms with E-state index < -0.39 is 0 Å². The minimum Gasteiger partial charge on any atom is -0.379 e. The van der Waals surface area contributed by atoms with Crippen LogP contribution >= 0.6 is 0 Å². The summed E-state index contributed by atoms with van der Waals surface area (Å²) >= 11 is 0. The van der Waals surface area contributed by atoms with Crippen molar-refractivity contribution in [2.45, 2.75) is 19.8 Å². The molecule has 2 saturated heterocycles. The molecule has 2 aliphatic rings. The van der Waals surface area contributed by atoms with Crippen molar-refractivity contribution in [1.29, 1.82) is 0 Å². The molecule has 3 heterocycles. The number of nitrogens with zero attached hydrogens (tertiary/aromatic N) is 6. The second-order valence-electron chi connectivity index (χ2n) is 9.09. The van der Waals surface area contributed by atoms with Gasteiger partial charge in [0.2, 0.25) is 5.91 Å². The second-order valence-corrected chi connectivity index (χ2v) is 9.09. The van der Waals surface area contributed by atoms with Gasteiger partial charge in [0.15, 0.2) is 0 Å². The highest BCUT2D eigenvalue weighted by Gasteiger charge is 2.24. The summed E-state index contributed by atoms with van der Waals surface area (Å²) in [5.74, 6) is -0.0724. The maximum Gasteiger partial charge on any atom is 0.274 e. The van der Waals surface area contributed by atoms with Gasteiger partial charge in [0, 0.05) is 83.4 Å². The molecule has 35 heavy (non-hydrogen) atoms. The maximum absolute atomic E-state index is 13.1. The van der Waals surface area contributed by atoms with Crippen molar-refractivity contribution < 1.29 is 14.3 Å². The smallest absolute Gasteiger partial charge is 0.274 e. The van der Waals surface area contributed by atoms with Gasteiger partial charge in [-0.15, -0.1) is 0 Å². The third-order valence-electron chi connectivity index (χ3n) is 6.76. The maximum atomic E-state index is 13.1. The van der Waals surface area contributed by atoms with Crippen LogP contribution in [-0.4, -0.2) is 109 Å². The number of benzene rings is 1. The molecule has 0 spiro atoms. The molecule has 1 aromatic heterocycles. The molecule has 0 N–H and O–H groups in total. The first-order chi connectivity index (χ1) is 17.1. The van der Waals surface area contributed by atoms with Crippen LogP contribution in [0.2, 0.25) is 0 Å². The first kappa shape index (κ1) is 25.1. The number of carbonyl (C=O) groups is 2. The van der Waals surface area contributed by atoms with Crippen molar-refractivity contribution in [1.82, 2.24) is 24.7 Å². The lowest BCUT2D eigenvalue weighted by Crippen LogP contribution is -2.49. The molecule has 4 rings (SSSR count). The summed E-state index contributed by atoms with van der Waals surface area (Å²) < 4.78 is 5.42. The summed E-state index contributed by atoms with van der Waals surface area (Å²) in [6.07, 6.45) is 5.73. The molecule has 0 unspecified atom stereocenters. The summed E-state index contributed by atoms with van der Waals surface area (Å²) in [6.45, 7) is 10.4. The summed E-state index contributed by atoms with van der Waals surface area (Å²) in [7, 11) is 0. The molecule has 2 fully saturated rings. The first-order valence-electron chi connectivity index (χ1n) is 12.6. The van der Waals surface area contributed by atoms with Crippen LogP contribution in [0.1, 0.15) is 28.9 Å². The number of morpholine rings is 1. The third-order valence-corrected chi connectivity index (χ3v) is 6.76. The summed E-state index contributed by atoms with van der Waals surface area (Å²) in [5.41, 5.74) is 2.81. The minimum atomic E-state index is -0.169. The van der Waals surface area contributed by atoms with Gasteiger partial charge in [-0.3, -0.25) is 19.5 Å². The molecular weight excluding hydrogens is 444 g/mol. The Labute approximate surface area is 207 Å². The van der Waals surface area contributed by atoms with E-state index in [4.69, 9.17) is 4.74 Å². The molecule has 9 nitrogen and oxygen atoms in total. The second kappa shape index (κ2) is 12.6. The van der Waals surface area contributed by atoms with E-state index in [1.165, 1.54) is 23.6 Å². The lowest BCUT2D eigenvalue weighted by atomic mass is 10.1. The van der Waals surface area contributed by atoms with Crippen LogP contribution in [0.3, 0.4) is 0 Å². The SMILES string of the molecule is Cc1ccccc1N1CCN(C(=O)CCN(CCCN2CCOCC2)C(=O)c2cnccn2)CC1. The molecular formula is C26H36N6O3. The van der Waals surface area contributed by atoms with E-state index in [0.29, 0.717) is 38.3 Å². The average Bonchev–Trinajstić information content (AvgIpc) is 2.91. The highest BCUT2D eigenvalue weighted by atomic mass is 16.5. The summed E-state index contributed by atoms with van der Waals surface area (Å²) in [5, 5.41) is 0. The number of anilines is 1. The predicted octanol–water partition coefficient (Wildman–Crippen LogP) is 1.69. The molecule has 188 valence electrons. The van der Waals surface area contributed by atoms with E-state index in [9.17, 15) is 9.59 Å². The molecule has 0 radical (unpaired) electrons. The van der Waals surface area contributed by atoms with Gasteiger partial charge in [-0.25, -0.2) is 4.98 Å². The molecule has 1 aromatic carbocycles. The number of rotatable bonds is 9. The highest BCUT2D eigenvalue weighted by molar-refractivity contribution is 5.92. The molecule has 2 aromatic rings. The van der Waals surface area contributed by atoms with Gasteiger partial charge in [-0.05, 0) is 25.0 Å². The van der Waals surface area contributed by atoms with Gasteiger partial charge in [0.05, 0.1) is 19.4 Å². The standard InChI is InChI=1S/C26H36N6O3/c1-22-5-2-3-6-24(22)30-13-15-31(16-14-30)25(33)7-12-32(26(34)23-21-27-8-9-28-23)11-4-10-29-17-19-35-20-18-29/h2-3,5-6,8-9,21H,4,7,10-20H2,1H3. The predicted molar refractivity (Wildman–Crippen MR) is 134 cm³/mol. The van der Waals surface area contributed by atoms with Crippen LogP contribution in [0, 0.1) is 6.92 Å². The van der Waals surface area contributed by atoms with E-state index in [1.54, 1.807) is 11.1 Å². The van der Waals surface area contributed by atoms with Crippen LogP contribution in [-0.2, 0) is 9.53 Å². The number of hydrogen-bond donors (Lipinski definition) is 0. The molecule has 2 aliphatic heterocycles. The van der Waals surface area contributed by atoms with Crippen LogP contribution < -0.4 is 4.90 Å². The number of piperazine rings is 1. The van der Waals surface area contributed by atoms with E-state index in [0.717, 1.165) is 52.4 Å². The number of hydrogen-bond acceptors (Lipinski definition) is 7. The third kappa shape index (κ3) is 6.99. The number of para-hydroxylation sites is 1. The number of ether oxygens (including phenoxy) is 1. The number of aryl methyl sites for hydroxylation is 1. The monoisotopic (exact) mass is 480 g/mol. The van der Waals surface area contributed by atoms with Crippen LogP contribution in [0.25, 0.3) is 0 Å². The fraction of sp³-hybridized carbons (Fsp3) is 0.538. The summed E-state index contributed by atoms with van der Waals surface area (Å²) in [4.78, 5) is 42.7. The van der Waals surface area contributed by atoms with Crippen molar-refractivity contribution in [3.05, 3.63) is 54.1 Å². The Kier molecular flexibility index (Phi) is 9.02. The molecule has 0 bridgehead atoms. The molecule has 0 saturated carbocycles. The van der Waals surface area contributed by atoms with E-state index in [1.807, 2.05) is 11.0 Å². The molecule has 0 aliphatic carbocycles. The number of amides is 2. The van der Waals surface area contributed by atoms with Crippen LogP contribution in [0.4, 0.5) is 5.69 Å². The van der Waals surface area contributed by atoms with E-state index >= 15 is 0 Å². The minimum absolute atomic E-state index is 0.0968. The topological polar surface area (TPSA) is 82.1 Å². The Morgan fingerprint density at radius 1 is 1.00 bits per heavy atom. The van der Waals surface area contributed by atoms with Crippen molar-refractivity contribution in [3.8, 4) is 0 Å². The Bertz CT molecular complexity index is 959. The highest BCUT2D eigenvalue weighted by Crippen LogP contribution is 2.21. The normalized spacial score (nSPS) is 16.8. The fourth-order valence-corrected chi connectivity index (χ4v) is 4.70. The zero-order valence-electron chi connectivity index (χ0n) is 20.6. The van der Waals surface area contributed by atoms with Crippen molar-refractivity contribution in [2.24, 2.45) is 0 Å². The zero-order valence-corrected chi connectivity index (χ0v) is 20.6. The Balaban J connectivity index is 1.29. The zero-order chi connectivity index (χ0) is 24.5. The van der Waals surface area contributed by atoms with Crippen molar-refractivity contribution in [3.63, 3.8) is 0 Å². The Morgan fingerprint density at radius 2 is 1.77 bits per heavy atom. The van der Waals surface area contributed by atoms with Gasteiger partial charge in [-0.1, -0.05) is 18.2 Å². The van der Waals surface area contributed by atoms with E-state index in [2.05, 4.69) is 44.9 Å². The Hall–Kier alpha value is -3.04. The lowest BCUT2D eigenvalue weighted by molar-refractivity contribution is -0.131. The average molecular weight is 481 g/mol. The lowest BCUT2D eigenvalue weighted by Gasteiger charge is -2.37. The van der Waals surface area contributed by atoms with Crippen molar-refractivity contribution >= 4 is 17.5 Å². The largest absolute Gasteiger partial charge is 0.379 e. The van der Waals surface area contributed by atoms with Gasteiger partial charge in [-0.2, -0.15) is 0 Å². The van der Waals surface area contributed by atoms with Crippen LogP contribution in [0.15, 0.2) is 42.9 Å². The van der Waals surface area contributed by atoms with Crippen LogP contribution in [0.5, 0.6) is 0 Å². The number of aromatic nitrogens is 2. The first-order valence-corrected chi connectivity index (χ1v) is 12.6. The quantitative estimate of drug-likeness (QED) is 0.540. The molecule has 0 atom stereocenters. The van der Waals surface area contributed by atoms with Gasteiger partial charge in [0.25, 0.3) is 5.91 Å². The van der Waals surface area contributed by atoms with Gasteiger partial charge >= 0.3 is 0 Å². The molecule has 2 amide bonds. The van der Waals surface area contributed by atoms with Crippen molar-refractivity contribution in [2.75, 3.05) is 77.0 Å².